The Bertz CT molecular complexity index is 357. The van der Waals surface area contributed by atoms with E-state index in [4.69, 9.17) is 0 Å². The lowest BCUT2D eigenvalue weighted by Gasteiger charge is -2.42. The Morgan fingerprint density at radius 1 is 1.05 bits per heavy atom. The highest BCUT2D eigenvalue weighted by Crippen LogP contribution is 2.65. The van der Waals surface area contributed by atoms with Gasteiger partial charge in [0.25, 0.3) is 5.92 Å². The average molecular weight is 284 g/mol. The highest BCUT2D eigenvalue weighted by molar-refractivity contribution is 5.08. The van der Waals surface area contributed by atoms with Gasteiger partial charge in [-0.25, -0.2) is 8.78 Å². The predicted molar refractivity (Wildman–Crippen MR) is 62.8 cm³/mol. The van der Waals surface area contributed by atoms with Crippen molar-refractivity contribution >= 4 is 0 Å². The van der Waals surface area contributed by atoms with Crippen LogP contribution < -0.4 is 0 Å². The van der Waals surface area contributed by atoms with Crippen molar-refractivity contribution in [3.8, 4) is 0 Å². The van der Waals surface area contributed by atoms with Gasteiger partial charge in [-0.3, -0.25) is 0 Å². The third kappa shape index (κ3) is 2.07. The summed E-state index contributed by atoms with van der Waals surface area (Å²) >= 11 is 0. The van der Waals surface area contributed by atoms with Gasteiger partial charge in [-0.1, -0.05) is 27.7 Å². The van der Waals surface area contributed by atoms with Gasteiger partial charge in [0.15, 0.2) is 0 Å². The minimum Gasteiger partial charge on any atom is -0.206 e. The molecule has 0 amide bonds. The Labute approximate surface area is 110 Å². The number of fused-ring (bicyclic) bond motifs is 2. The van der Waals surface area contributed by atoms with Crippen molar-refractivity contribution < 1.29 is 22.0 Å². The smallest absolute Gasteiger partial charge is 0.206 e. The van der Waals surface area contributed by atoms with Crippen molar-refractivity contribution in [3.05, 3.63) is 0 Å². The van der Waals surface area contributed by atoms with Gasteiger partial charge < -0.3 is 0 Å². The van der Waals surface area contributed by atoms with Crippen LogP contribution in [0.2, 0.25) is 0 Å². The first-order valence-corrected chi connectivity index (χ1v) is 6.84. The first-order chi connectivity index (χ1) is 8.39. The molecule has 0 nitrogen and oxygen atoms in total. The van der Waals surface area contributed by atoms with Gasteiger partial charge in [-0.15, -0.1) is 0 Å². The average Bonchev–Trinajstić information content (AvgIpc) is 2.63. The van der Waals surface area contributed by atoms with Crippen molar-refractivity contribution in [1.29, 1.82) is 0 Å². The molecular weight excluding hydrogens is 263 g/mol. The first-order valence-electron chi connectivity index (χ1n) is 6.84. The number of alkyl halides is 5. The fourth-order valence-electron chi connectivity index (χ4n) is 4.03. The molecule has 0 radical (unpaired) electrons. The number of rotatable bonds is 2. The van der Waals surface area contributed by atoms with E-state index in [1.54, 1.807) is 6.92 Å². The van der Waals surface area contributed by atoms with E-state index in [-0.39, 0.29) is 17.8 Å². The van der Waals surface area contributed by atoms with E-state index in [1.807, 2.05) is 6.92 Å². The summed E-state index contributed by atoms with van der Waals surface area (Å²) < 4.78 is 67.3. The van der Waals surface area contributed by atoms with Crippen LogP contribution in [0.25, 0.3) is 0 Å². The largest absolute Gasteiger partial charge is 0.393 e. The molecule has 0 spiro atoms. The summed E-state index contributed by atoms with van der Waals surface area (Å²) in [4.78, 5) is 0. The topological polar surface area (TPSA) is 0 Å². The fraction of sp³-hybridized carbons (Fsp3) is 1.00. The maximum Gasteiger partial charge on any atom is 0.393 e. The number of halogens is 5. The molecule has 2 aliphatic rings. The van der Waals surface area contributed by atoms with Gasteiger partial charge in [-0.05, 0) is 30.6 Å². The Morgan fingerprint density at radius 2 is 1.58 bits per heavy atom. The Morgan fingerprint density at radius 3 is 2.00 bits per heavy atom. The van der Waals surface area contributed by atoms with Crippen molar-refractivity contribution in [2.45, 2.75) is 52.6 Å². The molecule has 2 rings (SSSR count). The maximum absolute atomic E-state index is 14.3. The molecule has 5 unspecified atom stereocenters. The van der Waals surface area contributed by atoms with Crippen LogP contribution >= 0.6 is 0 Å². The SMILES string of the molecule is CC1C(C)C2CC1C(CC(C)(C)C(F)(F)F)C2(F)F. The quantitative estimate of drug-likeness (QED) is 0.616. The summed E-state index contributed by atoms with van der Waals surface area (Å²) in [5, 5.41) is 0. The first kappa shape index (κ1) is 15.0. The molecular formula is C14H21F5. The summed E-state index contributed by atoms with van der Waals surface area (Å²) in [6.07, 6.45) is -4.52. The van der Waals surface area contributed by atoms with E-state index in [2.05, 4.69) is 0 Å². The third-order valence-corrected chi connectivity index (χ3v) is 5.67. The van der Waals surface area contributed by atoms with E-state index >= 15 is 0 Å². The number of hydrogen-bond acceptors (Lipinski definition) is 0. The van der Waals surface area contributed by atoms with Crippen molar-refractivity contribution in [1.82, 2.24) is 0 Å². The molecule has 19 heavy (non-hydrogen) atoms. The highest BCUT2D eigenvalue weighted by Gasteiger charge is 2.67. The van der Waals surface area contributed by atoms with Crippen molar-refractivity contribution in [2.75, 3.05) is 0 Å². The van der Waals surface area contributed by atoms with E-state index < -0.39 is 35.8 Å². The normalized spacial score (nSPS) is 41.8. The molecule has 2 fully saturated rings. The standard InChI is InChI=1S/C14H21F5/c1-7-8(2)10-5-9(7)11(13(10,15)16)6-12(3,4)14(17,18)19/h7-11H,5-6H2,1-4H3. The molecule has 0 aromatic heterocycles. The van der Waals surface area contributed by atoms with Crippen LogP contribution in [0.4, 0.5) is 22.0 Å². The fourth-order valence-corrected chi connectivity index (χ4v) is 4.03. The second-order valence-electron chi connectivity index (χ2n) is 7.09. The lowest BCUT2D eigenvalue weighted by Crippen LogP contribution is -2.46. The van der Waals surface area contributed by atoms with E-state index in [0.717, 1.165) is 13.8 Å². The van der Waals surface area contributed by atoms with Gasteiger partial charge in [0.1, 0.15) is 0 Å². The van der Waals surface area contributed by atoms with Crippen LogP contribution in [0.15, 0.2) is 0 Å². The summed E-state index contributed by atoms with van der Waals surface area (Å²) in [5.74, 6) is -5.07. The lowest BCUT2D eigenvalue weighted by atomic mass is 9.68. The van der Waals surface area contributed by atoms with Crippen LogP contribution in [-0.4, -0.2) is 12.1 Å². The molecule has 112 valence electrons. The molecule has 2 bridgehead atoms. The zero-order chi connectivity index (χ0) is 14.8. The van der Waals surface area contributed by atoms with Crippen LogP contribution in [-0.2, 0) is 0 Å². The molecule has 2 aliphatic carbocycles. The Hall–Kier alpha value is -0.350. The minimum atomic E-state index is -4.43. The molecule has 0 aromatic carbocycles. The summed E-state index contributed by atoms with van der Waals surface area (Å²) in [7, 11) is 0. The number of hydrogen-bond donors (Lipinski definition) is 0. The van der Waals surface area contributed by atoms with Crippen molar-refractivity contribution in [2.24, 2.45) is 35.0 Å². The van der Waals surface area contributed by atoms with Crippen LogP contribution in [0, 0.1) is 35.0 Å². The van der Waals surface area contributed by atoms with E-state index in [1.165, 1.54) is 0 Å². The summed E-state index contributed by atoms with van der Waals surface area (Å²) in [6, 6.07) is 0. The summed E-state index contributed by atoms with van der Waals surface area (Å²) in [5.41, 5.74) is -2.05. The van der Waals surface area contributed by atoms with Crippen molar-refractivity contribution in [3.63, 3.8) is 0 Å². The zero-order valence-electron chi connectivity index (χ0n) is 11.7. The molecule has 5 heteroatoms. The Balaban J connectivity index is 2.23. The molecule has 0 N–H and O–H groups in total. The van der Waals surface area contributed by atoms with Crippen LogP contribution in [0.5, 0.6) is 0 Å². The minimum absolute atomic E-state index is 0.0924. The second-order valence-corrected chi connectivity index (χ2v) is 7.09. The molecule has 5 atom stereocenters. The lowest BCUT2D eigenvalue weighted by molar-refractivity contribution is -0.230. The van der Waals surface area contributed by atoms with Gasteiger partial charge in [0.2, 0.25) is 0 Å². The molecule has 0 aliphatic heterocycles. The van der Waals surface area contributed by atoms with Crippen LogP contribution in [0.1, 0.15) is 40.5 Å². The highest BCUT2D eigenvalue weighted by atomic mass is 19.4. The maximum atomic E-state index is 14.3. The van der Waals surface area contributed by atoms with Gasteiger partial charge in [-0.2, -0.15) is 13.2 Å². The molecule has 0 aromatic rings. The Kier molecular flexibility index (Phi) is 3.23. The van der Waals surface area contributed by atoms with Crippen LogP contribution in [0.3, 0.4) is 0 Å². The van der Waals surface area contributed by atoms with Gasteiger partial charge in [0.05, 0.1) is 5.41 Å². The molecule has 0 saturated heterocycles. The zero-order valence-corrected chi connectivity index (χ0v) is 11.7. The van der Waals surface area contributed by atoms with Gasteiger partial charge in [0, 0.05) is 11.8 Å². The second kappa shape index (κ2) is 4.08. The predicted octanol–water partition coefficient (Wildman–Crippen LogP) is 5.14. The molecule has 2 saturated carbocycles. The third-order valence-electron chi connectivity index (χ3n) is 5.67. The summed E-state index contributed by atoms with van der Waals surface area (Å²) in [6.45, 7) is 5.76. The molecule has 0 heterocycles. The monoisotopic (exact) mass is 284 g/mol. The van der Waals surface area contributed by atoms with E-state index in [9.17, 15) is 22.0 Å². The van der Waals surface area contributed by atoms with Gasteiger partial charge >= 0.3 is 6.18 Å². The van der Waals surface area contributed by atoms with E-state index in [0.29, 0.717) is 6.42 Å².